The number of nitrogens with zero attached hydrogens (tertiary/aromatic N) is 1. The zero-order valence-corrected chi connectivity index (χ0v) is 13.8. The number of benzene rings is 1. The van der Waals surface area contributed by atoms with E-state index < -0.39 is 0 Å². The van der Waals surface area contributed by atoms with Gasteiger partial charge < -0.3 is 10.4 Å². The Kier molecular flexibility index (Phi) is 4.78. The average molecular weight is 326 g/mol. The number of hydrogen-bond acceptors (Lipinski definition) is 5. The molecule has 6 heteroatoms. The third kappa shape index (κ3) is 3.72. The molecule has 2 heterocycles. The summed E-state index contributed by atoms with van der Waals surface area (Å²) in [5.74, 6) is 0.178. The molecule has 0 saturated carbocycles. The van der Waals surface area contributed by atoms with E-state index in [1.165, 1.54) is 0 Å². The number of nitrogens with one attached hydrogen (secondary N) is 3. The third-order valence-electron chi connectivity index (χ3n) is 4.25. The number of carbonyl (C=O) groups is 1. The summed E-state index contributed by atoms with van der Waals surface area (Å²) in [4.78, 5) is 16.8. The zero-order valence-electron chi connectivity index (χ0n) is 13.8. The maximum atomic E-state index is 12.4. The lowest BCUT2D eigenvalue weighted by Gasteiger charge is -2.16. The van der Waals surface area contributed by atoms with E-state index in [2.05, 4.69) is 21.2 Å². The van der Waals surface area contributed by atoms with Crippen molar-refractivity contribution >= 4 is 5.91 Å². The van der Waals surface area contributed by atoms with Gasteiger partial charge in [0.1, 0.15) is 11.8 Å². The predicted octanol–water partition coefficient (Wildman–Crippen LogP) is 1.88. The number of aryl methyl sites for hydroxylation is 1. The van der Waals surface area contributed by atoms with Gasteiger partial charge in [-0.05, 0) is 49.6 Å². The van der Waals surface area contributed by atoms with Crippen LogP contribution >= 0.6 is 0 Å². The van der Waals surface area contributed by atoms with E-state index in [1.54, 1.807) is 18.3 Å². The van der Waals surface area contributed by atoms with Crippen molar-refractivity contribution in [1.29, 1.82) is 0 Å². The van der Waals surface area contributed by atoms with Crippen LogP contribution in [-0.4, -0.2) is 22.0 Å². The van der Waals surface area contributed by atoms with Crippen LogP contribution in [0.25, 0.3) is 0 Å². The number of pyridine rings is 1. The highest BCUT2D eigenvalue weighted by Gasteiger charge is 2.30. The van der Waals surface area contributed by atoms with Crippen molar-refractivity contribution in [3.05, 3.63) is 59.4 Å². The first kappa shape index (κ1) is 16.4. The van der Waals surface area contributed by atoms with Crippen LogP contribution in [0, 0.1) is 6.92 Å². The van der Waals surface area contributed by atoms with Gasteiger partial charge in [-0.3, -0.25) is 9.78 Å². The molecule has 2 aromatic rings. The summed E-state index contributed by atoms with van der Waals surface area (Å²) in [6.45, 7) is 3.91. The monoisotopic (exact) mass is 326 g/mol. The van der Waals surface area contributed by atoms with Crippen molar-refractivity contribution in [1.82, 2.24) is 21.2 Å². The Labute approximate surface area is 141 Å². The van der Waals surface area contributed by atoms with Gasteiger partial charge in [0.15, 0.2) is 0 Å². The van der Waals surface area contributed by atoms with Gasteiger partial charge >= 0.3 is 0 Å². The summed E-state index contributed by atoms with van der Waals surface area (Å²) < 4.78 is 0. The van der Waals surface area contributed by atoms with Gasteiger partial charge in [-0.15, -0.1) is 0 Å². The minimum atomic E-state index is -0.309. The number of aromatic hydroxyl groups is 1. The Morgan fingerprint density at radius 1 is 1.25 bits per heavy atom. The van der Waals surface area contributed by atoms with Crippen LogP contribution in [0.15, 0.2) is 42.6 Å². The minimum Gasteiger partial charge on any atom is -0.508 e. The van der Waals surface area contributed by atoms with Gasteiger partial charge in [0.05, 0.1) is 11.7 Å². The molecule has 1 fully saturated rings. The molecule has 3 rings (SSSR count). The first-order chi connectivity index (χ1) is 11.5. The first-order valence-corrected chi connectivity index (χ1v) is 8.06. The number of aromatic nitrogens is 1. The second-order valence-electron chi connectivity index (χ2n) is 6.21. The van der Waals surface area contributed by atoms with Crippen molar-refractivity contribution in [2.24, 2.45) is 0 Å². The molecule has 126 valence electrons. The number of hydrazine groups is 1. The van der Waals surface area contributed by atoms with E-state index in [1.807, 2.05) is 38.1 Å². The highest BCUT2D eigenvalue weighted by atomic mass is 16.3. The largest absolute Gasteiger partial charge is 0.508 e. The van der Waals surface area contributed by atoms with E-state index >= 15 is 0 Å². The molecule has 0 aliphatic carbocycles. The quantitative estimate of drug-likeness (QED) is 0.689. The number of hydrogen-bond donors (Lipinski definition) is 4. The van der Waals surface area contributed by atoms with Crippen LogP contribution in [-0.2, 0) is 4.79 Å². The summed E-state index contributed by atoms with van der Waals surface area (Å²) in [7, 11) is 0. The van der Waals surface area contributed by atoms with Crippen LogP contribution in [0.2, 0.25) is 0 Å². The normalized spacial score (nSPS) is 21.4. The molecule has 1 saturated heterocycles. The smallest absolute Gasteiger partial charge is 0.239 e. The van der Waals surface area contributed by atoms with Gasteiger partial charge in [0.25, 0.3) is 0 Å². The Hall–Kier alpha value is -2.44. The van der Waals surface area contributed by atoms with E-state index in [0.717, 1.165) is 16.8 Å². The molecule has 1 aliphatic rings. The Balaban J connectivity index is 1.58. The summed E-state index contributed by atoms with van der Waals surface area (Å²) in [5, 5.41) is 12.4. The Morgan fingerprint density at radius 2 is 2.00 bits per heavy atom. The minimum absolute atomic E-state index is 0.0363. The van der Waals surface area contributed by atoms with Crippen molar-refractivity contribution < 1.29 is 9.90 Å². The number of phenols is 1. The third-order valence-corrected chi connectivity index (χ3v) is 4.25. The number of rotatable bonds is 4. The fourth-order valence-corrected chi connectivity index (χ4v) is 2.78. The van der Waals surface area contributed by atoms with E-state index in [4.69, 9.17) is 0 Å². The Morgan fingerprint density at radius 3 is 2.67 bits per heavy atom. The lowest BCUT2D eigenvalue weighted by molar-refractivity contribution is -0.123. The fraction of sp³-hybridized carbons (Fsp3) is 0.333. The molecule has 1 amide bonds. The molecule has 4 N–H and O–H groups in total. The molecular weight excluding hydrogens is 304 g/mol. The molecule has 0 spiro atoms. The van der Waals surface area contributed by atoms with Crippen LogP contribution < -0.4 is 16.2 Å². The van der Waals surface area contributed by atoms with Gasteiger partial charge in [0.2, 0.25) is 5.91 Å². The van der Waals surface area contributed by atoms with Gasteiger partial charge in [-0.1, -0.05) is 18.2 Å². The molecule has 3 unspecified atom stereocenters. The lowest BCUT2D eigenvalue weighted by Crippen LogP contribution is -2.44. The van der Waals surface area contributed by atoms with E-state index in [-0.39, 0.29) is 29.8 Å². The number of carbonyl (C=O) groups excluding carboxylic acids is 1. The summed E-state index contributed by atoms with van der Waals surface area (Å²) in [6.07, 6.45) is 2.44. The molecule has 3 atom stereocenters. The van der Waals surface area contributed by atoms with Crippen LogP contribution in [0.5, 0.6) is 5.75 Å². The van der Waals surface area contributed by atoms with Gasteiger partial charge in [-0.25, -0.2) is 10.9 Å². The zero-order chi connectivity index (χ0) is 17.1. The van der Waals surface area contributed by atoms with Crippen molar-refractivity contribution in [2.45, 2.75) is 38.4 Å². The van der Waals surface area contributed by atoms with E-state index in [9.17, 15) is 9.90 Å². The highest BCUT2D eigenvalue weighted by molar-refractivity contribution is 5.82. The molecule has 6 nitrogen and oxygen atoms in total. The second-order valence-corrected chi connectivity index (χ2v) is 6.21. The van der Waals surface area contributed by atoms with Crippen LogP contribution in [0.1, 0.15) is 42.2 Å². The summed E-state index contributed by atoms with van der Waals surface area (Å²) in [6, 6.07) is 10.5. The molecule has 24 heavy (non-hydrogen) atoms. The maximum Gasteiger partial charge on any atom is 0.239 e. The lowest BCUT2D eigenvalue weighted by atomic mass is 10.0. The second kappa shape index (κ2) is 6.98. The van der Waals surface area contributed by atoms with Crippen molar-refractivity contribution in [3.8, 4) is 5.75 Å². The van der Waals surface area contributed by atoms with Gasteiger partial charge in [0, 0.05) is 12.2 Å². The van der Waals surface area contributed by atoms with E-state index in [0.29, 0.717) is 6.42 Å². The highest BCUT2D eigenvalue weighted by Crippen LogP contribution is 2.24. The SMILES string of the molecule is Cc1ccc(C(C)NC(=O)C2CC(c3ccc(O)cc3)NN2)nc1. The summed E-state index contributed by atoms with van der Waals surface area (Å²) in [5.41, 5.74) is 9.14. The molecular formula is C18H22N4O2. The number of amides is 1. The fourth-order valence-electron chi connectivity index (χ4n) is 2.78. The molecule has 1 aliphatic heterocycles. The van der Waals surface area contributed by atoms with Crippen molar-refractivity contribution in [2.75, 3.05) is 0 Å². The molecule has 1 aromatic carbocycles. The number of phenolic OH excluding ortho intramolecular Hbond substituents is 1. The molecule has 1 aromatic heterocycles. The van der Waals surface area contributed by atoms with Crippen molar-refractivity contribution in [3.63, 3.8) is 0 Å². The summed E-state index contributed by atoms with van der Waals surface area (Å²) >= 11 is 0. The topological polar surface area (TPSA) is 86.3 Å². The van der Waals surface area contributed by atoms with Gasteiger partial charge in [-0.2, -0.15) is 0 Å². The average Bonchev–Trinajstić information content (AvgIpc) is 3.06. The Bertz CT molecular complexity index is 700. The molecule has 0 radical (unpaired) electrons. The standard InChI is InChI=1S/C18H22N4O2/c1-11-3-8-15(19-10-11)12(2)20-18(24)17-9-16(21-22-17)13-4-6-14(23)7-5-13/h3-8,10,12,16-17,21-23H,9H2,1-2H3,(H,20,24). The maximum absolute atomic E-state index is 12.4. The predicted molar refractivity (Wildman–Crippen MR) is 91.1 cm³/mol. The molecule has 0 bridgehead atoms. The first-order valence-electron chi connectivity index (χ1n) is 8.06. The van der Waals surface area contributed by atoms with Crippen LogP contribution in [0.4, 0.5) is 0 Å². The van der Waals surface area contributed by atoms with Crippen LogP contribution in [0.3, 0.4) is 0 Å².